The molecule has 0 aliphatic carbocycles. The van der Waals surface area contributed by atoms with Crippen LogP contribution >= 0.6 is 0 Å². The van der Waals surface area contributed by atoms with Gasteiger partial charge >= 0.3 is 44.8 Å². The third kappa shape index (κ3) is 7.95. The van der Waals surface area contributed by atoms with Gasteiger partial charge in [-0.15, -0.1) is 0 Å². The molecule has 10 aromatic rings. The first-order chi connectivity index (χ1) is 25.7. The fourth-order valence-corrected chi connectivity index (χ4v) is 6.98. The number of rotatable bonds is 8. The van der Waals surface area contributed by atoms with Gasteiger partial charge < -0.3 is 18.3 Å². The van der Waals surface area contributed by atoms with Gasteiger partial charge in [0.1, 0.15) is 0 Å². The normalized spacial score (nSPS) is 11.0. The predicted molar refractivity (Wildman–Crippen MR) is 208 cm³/mol. The van der Waals surface area contributed by atoms with Crippen LogP contribution in [0.4, 0.5) is 0 Å². The maximum atomic E-state index is 4.48. The average Bonchev–Trinajstić information content (AvgIpc) is 3.99. The molecule has 8 nitrogen and oxygen atoms in total. The number of hydrogen-bond acceptors (Lipinski definition) is 4. The summed E-state index contributed by atoms with van der Waals surface area (Å²) in [5, 5.41) is 0. The van der Waals surface area contributed by atoms with E-state index in [4.69, 9.17) is 0 Å². The van der Waals surface area contributed by atoms with Gasteiger partial charge in [0.25, 0.3) is 0 Å². The number of nitrogens with zero attached hydrogens (tertiary/aromatic N) is 8. The van der Waals surface area contributed by atoms with Crippen LogP contribution in [-0.2, 0) is 70.9 Å². The first-order valence-electron chi connectivity index (χ1n) is 17.5. The molecule has 10 rings (SSSR count). The Morgan fingerprint density at radius 2 is 0.537 bits per heavy atom. The van der Waals surface area contributed by atoms with Gasteiger partial charge in [-0.25, -0.2) is 19.9 Å². The zero-order chi connectivity index (χ0) is 34.7. The molecule has 0 radical (unpaired) electrons. The van der Waals surface area contributed by atoms with Crippen LogP contribution in [0, 0.1) is 0 Å². The van der Waals surface area contributed by atoms with Gasteiger partial charge in [0.2, 0.25) is 0 Å². The molecule has 0 saturated carbocycles. The Morgan fingerprint density at radius 1 is 0.296 bits per heavy atom. The summed E-state index contributed by atoms with van der Waals surface area (Å²) >= 11 is 0. The molecule has 4 heterocycles. The number of para-hydroxylation sites is 8. The summed E-state index contributed by atoms with van der Waals surface area (Å²) in [5.41, 5.74) is 13.9. The van der Waals surface area contributed by atoms with Crippen LogP contribution < -0.4 is 0 Å². The van der Waals surface area contributed by atoms with Crippen LogP contribution in [0.25, 0.3) is 44.1 Å². The van der Waals surface area contributed by atoms with E-state index >= 15 is 0 Å². The maximum absolute atomic E-state index is 4.48. The van der Waals surface area contributed by atoms with Crippen molar-refractivity contribution in [2.75, 3.05) is 0 Å². The van der Waals surface area contributed by atoms with E-state index < -0.39 is 0 Å². The molecule has 4 aromatic heterocycles. The van der Waals surface area contributed by atoms with E-state index in [1.807, 2.05) is 73.8 Å². The van der Waals surface area contributed by atoms with Crippen LogP contribution in [0.1, 0.15) is 22.3 Å². The molecule has 54 heavy (non-hydrogen) atoms. The molecule has 0 saturated heterocycles. The summed E-state index contributed by atoms with van der Waals surface area (Å²) in [6, 6.07) is 50.4. The Bertz CT molecular complexity index is 2420. The number of aromatic nitrogens is 8. The summed E-state index contributed by atoms with van der Waals surface area (Å²) in [6.45, 7) is 3.27. The van der Waals surface area contributed by atoms with Crippen molar-refractivity contribution in [2.45, 2.75) is 26.2 Å². The van der Waals surface area contributed by atoms with E-state index in [1.165, 1.54) is 44.3 Å². The van der Waals surface area contributed by atoms with Crippen molar-refractivity contribution in [1.82, 2.24) is 38.2 Å². The zero-order valence-corrected chi connectivity index (χ0v) is 32.1. The maximum Gasteiger partial charge on any atom is 1.00 e. The minimum absolute atomic E-state index is 0. The smallest absolute Gasteiger partial charge is 0.326 e. The van der Waals surface area contributed by atoms with E-state index in [9.17, 15) is 0 Å². The van der Waals surface area contributed by atoms with E-state index in [-0.39, 0.29) is 44.8 Å². The molecule has 0 atom stereocenters. The van der Waals surface area contributed by atoms with E-state index in [0.29, 0.717) is 0 Å². The summed E-state index contributed by atoms with van der Waals surface area (Å²) in [6.07, 6.45) is 7.67. The summed E-state index contributed by atoms with van der Waals surface area (Å²) in [7, 11) is 0. The molecule has 0 aliphatic rings. The second-order valence-corrected chi connectivity index (χ2v) is 13.1. The number of fused-ring (bicyclic) bond motifs is 4. The van der Waals surface area contributed by atoms with Crippen molar-refractivity contribution in [2.24, 2.45) is 0 Å². The first-order valence-corrected chi connectivity index (χ1v) is 17.5. The van der Waals surface area contributed by atoms with Crippen molar-refractivity contribution in [3.8, 4) is 0 Å². The molecule has 0 fully saturated rings. The fraction of sp³-hybridized carbons (Fsp3) is 0.0909. The topological polar surface area (TPSA) is 71.3 Å². The molecular formula is C44H36Ag2N8+2. The van der Waals surface area contributed by atoms with E-state index in [1.54, 1.807) is 0 Å². The van der Waals surface area contributed by atoms with Gasteiger partial charge in [0.05, 0.1) is 69.4 Å². The Morgan fingerprint density at radius 3 is 0.796 bits per heavy atom. The quantitative estimate of drug-likeness (QED) is 0.143. The van der Waals surface area contributed by atoms with Crippen molar-refractivity contribution < 1.29 is 44.8 Å². The summed E-state index contributed by atoms with van der Waals surface area (Å²) in [4.78, 5) is 17.9. The Kier molecular flexibility index (Phi) is 11.5. The molecule has 0 aliphatic heterocycles. The monoisotopic (exact) mass is 890 g/mol. The van der Waals surface area contributed by atoms with Crippen molar-refractivity contribution in [3.05, 3.63) is 193 Å². The SMILES string of the molecule is [Ag+].[Ag+].c1cc(Cn2cnc3ccccc32)cc(Cn2cnc3ccccc32)c1.c1cc(Cn2cnc3ccccc32)cc(Cn2cnc3ccccc32)c1. The molecule has 10 heteroatoms. The minimum Gasteiger partial charge on any atom is -0.326 e. The molecule has 0 amide bonds. The second kappa shape index (κ2) is 16.8. The van der Waals surface area contributed by atoms with Gasteiger partial charge in [-0.05, 0) is 70.8 Å². The fourth-order valence-electron chi connectivity index (χ4n) is 6.98. The number of benzene rings is 6. The molecule has 0 bridgehead atoms. The summed E-state index contributed by atoms with van der Waals surface area (Å²) < 4.78 is 8.78. The van der Waals surface area contributed by atoms with Crippen molar-refractivity contribution in [1.29, 1.82) is 0 Å². The van der Waals surface area contributed by atoms with Crippen molar-refractivity contribution >= 4 is 44.1 Å². The zero-order valence-electron chi connectivity index (χ0n) is 29.2. The van der Waals surface area contributed by atoms with Gasteiger partial charge in [0.15, 0.2) is 0 Å². The third-order valence-electron chi connectivity index (χ3n) is 9.50. The first kappa shape index (κ1) is 37.0. The molecular weight excluding hydrogens is 856 g/mol. The van der Waals surface area contributed by atoms with Crippen molar-refractivity contribution in [3.63, 3.8) is 0 Å². The molecule has 0 unspecified atom stereocenters. The summed E-state index contributed by atoms with van der Waals surface area (Å²) in [5.74, 6) is 0. The Balaban J connectivity index is 0.000000161. The molecule has 272 valence electrons. The Labute approximate surface area is 344 Å². The van der Waals surface area contributed by atoms with Crippen LogP contribution in [-0.4, -0.2) is 38.2 Å². The minimum atomic E-state index is 0. The molecule has 0 spiro atoms. The van der Waals surface area contributed by atoms with Crippen LogP contribution in [0.5, 0.6) is 0 Å². The van der Waals surface area contributed by atoms with Gasteiger partial charge in [-0.2, -0.15) is 0 Å². The van der Waals surface area contributed by atoms with Crippen LogP contribution in [0.2, 0.25) is 0 Å². The third-order valence-corrected chi connectivity index (χ3v) is 9.50. The van der Waals surface area contributed by atoms with Gasteiger partial charge in [-0.3, -0.25) is 0 Å². The predicted octanol–water partition coefficient (Wildman–Crippen LogP) is 8.96. The van der Waals surface area contributed by atoms with Gasteiger partial charge in [0, 0.05) is 26.2 Å². The number of hydrogen-bond donors (Lipinski definition) is 0. The molecule has 6 aromatic carbocycles. The Hall–Kier alpha value is -5.32. The van der Waals surface area contributed by atoms with E-state index in [2.05, 4.69) is 135 Å². The standard InChI is InChI=1S/2C22H18N4.2Ag/c2*1-3-10-21-19(8-1)23-15-25(21)13-17-6-5-7-18(12-17)14-26-16-24-20-9-2-4-11-22(20)26;;/h2*1-12,15-16H,13-14H2;;/q;;2*+1. The van der Waals surface area contributed by atoms with Gasteiger partial charge in [-0.1, -0.05) is 97.1 Å². The average molecular weight is 893 g/mol. The number of imidazole rings is 4. The second-order valence-electron chi connectivity index (χ2n) is 13.1. The van der Waals surface area contributed by atoms with Crippen LogP contribution in [0.15, 0.2) is 171 Å². The van der Waals surface area contributed by atoms with E-state index in [0.717, 1.165) is 48.2 Å². The largest absolute Gasteiger partial charge is 1.00 e. The molecule has 0 N–H and O–H groups in total. The van der Waals surface area contributed by atoms with Crippen LogP contribution in [0.3, 0.4) is 0 Å².